The number of likely N-dealkylation sites (tertiary alicyclic amines) is 1. The quantitative estimate of drug-likeness (QED) is 0.762. The van der Waals surface area contributed by atoms with Crippen molar-refractivity contribution in [2.45, 2.75) is 32.7 Å². The molecule has 0 aliphatic carbocycles. The topological polar surface area (TPSA) is 70.6 Å². The molecular weight excluding hydrogens is 332 g/mol. The number of hydrogen-bond donors (Lipinski definition) is 1. The largest absolute Gasteiger partial charge is 0.341 e. The monoisotopic (exact) mass is 354 g/mol. The van der Waals surface area contributed by atoms with Gasteiger partial charge in [0.05, 0.1) is 17.4 Å². The number of aromatic nitrogens is 5. The van der Waals surface area contributed by atoms with Crippen molar-refractivity contribution < 1.29 is 0 Å². The zero-order chi connectivity index (χ0) is 17.1. The SMILES string of the molecule is Cc1cnc(-c2cncc(CC3CCN(Cc4cncs4)CC3)n2)[nH]1. The van der Waals surface area contributed by atoms with Crippen molar-refractivity contribution in [3.05, 3.63) is 46.6 Å². The highest BCUT2D eigenvalue weighted by Crippen LogP contribution is 2.23. The lowest BCUT2D eigenvalue weighted by Crippen LogP contribution is -2.33. The Morgan fingerprint density at radius 3 is 2.76 bits per heavy atom. The van der Waals surface area contributed by atoms with Gasteiger partial charge in [-0.2, -0.15) is 0 Å². The average molecular weight is 354 g/mol. The van der Waals surface area contributed by atoms with Crippen LogP contribution in [0.25, 0.3) is 11.5 Å². The molecule has 0 spiro atoms. The molecule has 1 N–H and O–H groups in total. The predicted octanol–water partition coefficient (Wildman–Crippen LogP) is 3.09. The minimum Gasteiger partial charge on any atom is -0.341 e. The highest BCUT2D eigenvalue weighted by atomic mass is 32.1. The number of H-pyrrole nitrogens is 1. The number of hydrogen-bond acceptors (Lipinski definition) is 6. The zero-order valence-electron chi connectivity index (χ0n) is 14.4. The standard InChI is InChI=1S/C18H22N6S/c1-13-7-21-18(22-13)17-10-19-8-15(23-17)6-14-2-4-24(5-3-14)11-16-9-20-12-25-16/h7-10,12,14H,2-6,11H2,1H3,(H,21,22). The Hall–Kier alpha value is -2.12. The maximum Gasteiger partial charge on any atom is 0.157 e. The van der Waals surface area contributed by atoms with Crippen molar-refractivity contribution in [3.8, 4) is 11.5 Å². The van der Waals surface area contributed by atoms with Crippen molar-refractivity contribution >= 4 is 11.3 Å². The third-order valence-electron chi connectivity index (χ3n) is 4.70. The van der Waals surface area contributed by atoms with Crippen LogP contribution >= 0.6 is 11.3 Å². The van der Waals surface area contributed by atoms with Crippen molar-refractivity contribution in [2.75, 3.05) is 13.1 Å². The van der Waals surface area contributed by atoms with Gasteiger partial charge in [-0.1, -0.05) is 0 Å². The van der Waals surface area contributed by atoms with Gasteiger partial charge in [0.15, 0.2) is 5.82 Å². The summed E-state index contributed by atoms with van der Waals surface area (Å²) in [6, 6.07) is 0. The smallest absolute Gasteiger partial charge is 0.157 e. The first-order valence-electron chi connectivity index (χ1n) is 8.69. The molecule has 0 bridgehead atoms. The summed E-state index contributed by atoms with van der Waals surface area (Å²) < 4.78 is 0. The molecule has 3 aromatic heterocycles. The zero-order valence-corrected chi connectivity index (χ0v) is 15.2. The fraction of sp³-hybridized carbons (Fsp3) is 0.444. The second kappa shape index (κ2) is 7.41. The van der Waals surface area contributed by atoms with Gasteiger partial charge < -0.3 is 4.98 Å². The van der Waals surface area contributed by atoms with Crippen LogP contribution in [0, 0.1) is 12.8 Å². The molecule has 0 aromatic carbocycles. The molecule has 4 heterocycles. The fourth-order valence-electron chi connectivity index (χ4n) is 3.35. The molecule has 1 aliphatic rings. The van der Waals surface area contributed by atoms with Gasteiger partial charge in [-0.05, 0) is 45.2 Å². The summed E-state index contributed by atoms with van der Waals surface area (Å²) in [5.74, 6) is 1.48. The molecule has 0 unspecified atom stereocenters. The van der Waals surface area contributed by atoms with E-state index in [1.807, 2.05) is 31.0 Å². The fourth-order valence-corrected chi connectivity index (χ4v) is 3.98. The Morgan fingerprint density at radius 2 is 2.04 bits per heavy atom. The summed E-state index contributed by atoms with van der Waals surface area (Å²) in [4.78, 5) is 24.7. The predicted molar refractivity (Wildman–Crippen MR) is 98.2 cm³/mol. The number of imidazole rings is 1. The summed E-state index contributed by atoms with van der Waals surface area (Å²) in [5, 5.41) is 0. The van der Waals surface area contributed by atoms with E-state index in [-0.39, 0.29) is 0 Å². The Bertz CT molecular complexity index is 805. The summed E-state index contributed by atoms with van der Waals surface area (Å²) in [5.41, 5.74) is 4.84. The lowest BCUT2D eigenvalue weighted by molar-refractivity contribution is 0.177. The number of rotatable bonds is 5. The van der Waals surface area contributed by atoms with Gasteiger partial charge in [0.25, 0.3) is 0 Å². The van der Waals surface area contributed by atoms with E-state index in [1.165, 1.54) is 17.7 Å². The molecule has 0 atom stereocenters. The number of aromatic amines is 1. The van der Waals surface area contributed by atoms with Crippen molar-refractivity contribution in [1.29, 1.82) is 0 Å². The maximum absolute atomic E-state index is 4.75. The minimum atomic E-state index is 0.681. The van der Waals surface area contributed by atoms with Crippen LogP contribution < -0.4 is 0 Å². The van der Waals surface area contributed by atoms with Crippen LogP contribution in [0.1, 0.15) is 29.1 Å². The number of aryl methyl sites for hydroxylation is 1. The van der Waals surface area contributed by atoms with Crippen molar-refractivity contribution in [1.82, 2.24) is 29.8 Å². The Kier molecular flexibility index (Phi) is 4.85. The van der Waals surface area contributed by atoms with Crippen LogP contribution in [0.2, 0.25) is 0 Å². The van der Waals surface area contributed by atoms with Gasteiger partial charge in [-0.15, -0.1) is 11.3 Å². The maximum atomic E-state index is 4.75. The van der Waals surface area contributed by atoms with Crippen LogP contribution in [0.5, 0.6) is 0 Å². The van der Waals surface area contributed by atoms with E-state index >= 15 is 0 Å². The molecule has 0 radical (unpaired) electrons. The van der Waals surface area contributed by atoms with E-state index in [9.17, 15) is 0 Å². The third-order valence-corrected chi connectivity index (χ3v) is 5.46. The Morgan fingerprint density at radius 1 is 1.16 bits per heavy atom. The van der Waals surface area contributed by atoms with E-state index in [0.29, 0.717) is 5.92 Å². The lowest BCUT2D eigenvalue weighted by atomic mass is 9.92. The van der Waals surface area contributed by atoms with Crippen LogP contribution in [0.4, 0.5) is 0 Å². The van der Waals surface area contributed by atoms with E-state index in [1.54, 1.807) is 17.5 Å². The Labute approximate surface area is 151 Å². The third kappa shape index (κ3) is 4.11. The van der Waals surface area contributed by atoms with Crippen LogP contribution in [0.15, 0.2) is 30.3 Å². The van der Waals surface area contributed by atoms with Gasteiger partial charge in [0.1, 0.15) is 5.69 Å². The lowest BCUT2D eigenvalue weighted by Gasteiger charge is -2.31. The van der Waals surface area contributed by atoms with Crippen LogP contribution in [0.3, 0.4) is 0 Å². The molecule has 6 nitrogen and oxygen atoms in total. The van der Waals surface area contributed by atoms with E-state index in [0.717, 1.165) is 49.0 Å². The first-order valence-corrected chi connectivity index (χ1v) is 9.57. The average Bonchev–Trinajstić information content (AvgIpc) is 3.29. The summed E-state index contributed by atoms with van der Waals surface area (Å²) in [7, 11) is 0. The second-order valence-corrected chi connectivity index (χ2v) is 7.67. The molecule has 1 aliphatic heterocycles. The summed E-state index contributed by atoms with van der Waals surface area (Å²) >= 11 is 1.74. The molecule has 3 aromatic rings. The van der Waals surface area contributed by atoms with Gasteiger partial charge in [-0.25, -0.2) is 9.97 Å². The van der Waals surface area contributed by atoms with E-state index < -0.39 is 0 Å². The van der Waals surface area contributed by atoms with Gasteiger partial charge in [0, 0.05) is 35.7 Å². The number of nitrogens with one attached hydrogen (secondary N) is 1. The van der Waals surface area contributed by atoms with Crippen LogP contribution in [-0.2, 0) is 13.0 Å². The van der Waals surface area contributed by atoms with Crippen molar-refractivity contribution in [2.24, 2.45) is 5.92 Å². The van der Waals surface area contributed by atoms with Gasteiger partial charge in [-0.3, -0.25) is 14.9 Å². The normalized spacial score (nSPS) is 16.4. The number of thiazole rings is 1. The second-order valence-electron chi connectivity index (χ2n) is 6.70. The highest BCUT2D eigenvalue weighted by Gasteiger charge is 2.20. The van der Waals surface area contributed by atoms with E-state index in [4.69, 9.17) is 4.98 Å². The molecule has 4 rings (SSSR count). The molecule has 25 heavy (non-hydrogen) atoms. The number of piperidine rings is 1. The molecule has 0 amide bonds. The molecule has 130 valence electrons. The summed E-state index contributed by atoms with van der Waals surface area (Å²) in [6.45, 7) is 5.32. The first-order chi connectivity index (χ1) is 12.3. The Balaban J connectivity index is 1.34. The molecule has 1 fully saturated rings. The molecule has 1 saturated heterocycles. The summed E-state index contributed by atoms with van der Waals surface area (Å²) in [6.07, 6.45) is 10.9. The number of nitrogens with zero attached hydrogens (tertiary/aromatic N) is 5. The van der Waals surface area contributed by atoms with Crippen LogP contribution in [-0.4, -0.2) is 42.9 Å². The molecule has 7 heteroatoms. The van der Waals surface area contributed by atoms with Crippen molar-refractivity contribution in [3.63, 3.8) is 0 Å². The van der Waals surface area contributed by atoms with Gasteiger partial charge >= 0.3 is 0 Å². The highest BCUT2D eigenvalue weighted by molar-refractivity contribution is 7.09. The minimum absolute atomic E-state index is 0.681. The van der Waals surface area contributed by atoms with Gasteiger partial charge in [0.2, 0.25) is 0 Å². The molecular formula is C18H22N6S. The van der Waals surface area contributed by atoms with E-state index in [2.05, 4.69) is 24.8 Å². The molecule has 0 saturated carbocycles. The first kappa shape index (κ1) is 16.4.